The minimum absolute atomic E-state index is 0.0385. The van der Waals surface area contributed by atoms with Gasteiger partial charge in [0.2, 0.25) is 5.91 Å². The quantitative estimate of drug-likeness (QED) is 0.759. The Hall–Kier alpha value is -2.45. The number of halogens is 2. The van der Waals surface area contributed by atoms with Gasteiger partial charge in [-0.15, -0.1) is 0 Å². The van der Waals surface area contributed by atoms with E-state index in [2.05, 4.69) is 21.2 Å². The van der Waals surface area contributed by atoms with Crippen molar-refractivity contribution in [2.24, 2.45) is 0 Å². The first-order valence-electron chi connectivity index (χ1n) is 8.97. The topological polar surface area (TPSA) is 72.9 Å². The summed E-state index contributed by atoms with van der Waals surface area (Å²) >= 11 is 3.41. The number of aliphatic hydroxyl groups excluding tert-OH is 1. The van der Waals surface area contributed by atoms with Crippen LogP contribution in [-0.4, -0.2) is 58.6 Å². The van der Waals surface area contributed by atoms with Crippen molar-refractivity contribution in [1.82, 2.24) is 9.80 Å². The Morgan fingerprint density at radius 2 is 1.86 bits per heavy atom. The summed E-state index contributed by atoms with van der Waals surface area (Å²) in [5.41, 5.74) is 1.49. The van der Waals surface area contributed by atoms with Crippen molar-refractivity contribution in [3.05, 3.63) is 64.4 Å². The van der Waals surface area contributed by atoms with Crippen molar-refractivity contribution in [2.45, 2.75) is 18.0 Å². The Kier molecular flexibility index (Phi) is 5.07. The molecule has 0 bridgehead atoms. The highest BCUT2D eigenvalue weighted by Crippen LogP contribution is 2.43. The highest BCUT2D eigenvalue weighted by Gasteiger charge is 2.54. The molecule has 2 fully saturated rings. The Bertz CT molecular complexity index is 891. The number of urea groups is 1. The first-order valence-corrected chi connectivity index (χ1v) is 9.76. The van der Waals surface area contributed by atoms with Crippen LogP contribution in [0.2, 0.25) is 0 Å². The molecule has 0 saturated carbocycles. The van der Waals surface area contributed by atoms with Gasteiger partial charge in [-0.05, 0) is 42.0 Å². The number of rotatable bonds is 3. The maximum atomic E-state index is 13.0. The molecule has 0 spiro atoms. The average molecular weight is 448 g/mol. The molecule has 0 unspecified atom stereocenters. The summed E-state index contributed by atoms with van der Waals surface area (Å²) in [4.78, 5) is 28.4. The number of amides is 3. The third-order valence-corrected chi connectivity index (χ3v) is 5.92. The van der Waals surface area contributed by atoms with Gasteiger partial charge in [0.1, 0.15) is 12.4 Å². The van der Waals surface area contributed by atoms with Gasteiger partial charge >= 0.3 is 6.03 Å². The van der Waals surface area contributed by atoms with E-state index in [1.165, 1.54) is 29.2 Å². The molecule has 2 aromatic rings. The van der Waals surface area contributed by atoms with Crippen molar-refractivity contribution in [3.8, 4) is 0 Å². The van der Waals surface area contributed by atoms with Gasteiger partial charge in [0.15, 0.2) is 0 Å². The molecular weight excluding hydrogens is 429 g/mol. The Balaban J connectivity index is 1.51. The van der Waals surface area contributed by atoms with Crippen LogP contribution in [0.4, 0.5) is 14.9 Å². The van der Waals surface area contributed by atoms with Crippen LogP contribution in [0, 0.1) is 5.82 Å². The van der Waals surface area contributed by atoms with Crippen LogP contribution in [0.5, 0.6) is 0 Å². The largest absolute Gasteiger partial charge is 0.394 e. The monoisotopic (exact) mass is 447 g/mol. The molecule has 0 aromatic heterocycles. The average Bonchev–Trinajstić information content (AvgIpc) is 2.66. The van der Waals surface area contributed by atoms with Gasteiger partial charge in [0.25, 0.3) is 0 Å². The van der Waals surface area contributed by atoms with Crippen molar-refractivity contribution in [2.75, 3.05) is 25.0 Å². The molecule has 2 aromatic carbocycles. The molecule has 2 aliphatic rings. The molecule has 4 rings (SSSR count). The van der Waals surface area contributed by atoms with E-state index >= 15 is 0 Å². The molecule has 28 heavy (non-hydrogen) atoms. The van der Waals surface area contributed by atoms with Crippen molar-refractivity contribution < 1.29 is 19.1 Å². The molecule has 146 valence electrons. The molecule has 3 atom stereocenters. The summed E-state index contributed by atoms with van der Waals surface area (Å²) in [6, 6.07) is 12.4. The Morgan fingerprint density at radius 3 is 2.50 bits per heavy atom. The molecule has 2 aliphatic heterocycles. The van der Waals surface area contributed by atoms with Crippen molar-refractivity contribution >= 4 is 33.6 Å². The number of benzene rings is 2. The summed E-state index contributed by atoms with van der Waals surface area (Å²) in [7, 11) is 0. The second-order valence-electron chi connectivity index (χ2n) is 7.01. The maximum absolute atomic E-state index is 13.0. The van der Waals surface area contributed by atoms with Gasteiger partial charge in [0, 0.05) is 22.6 Å². The van der Waals surface area contributed by atoms with E-state index in [-0.39, 0.29) is 42.9 Å². The van der Waals surface area contributed by atoms with Crippen molar-refractivity contribution in [3.63, 3.8) is 0 Å². The van der Waals surface area contributed by atoms with Crippen LogP contribution in [0.15, 0.2) is 53.0 Å². The van der Waals surface area contributed by atoms with Crippen LogP contribution in [0.25, 0.3) is 0 Å². The summed E-state index contributed by atoms with van der Waals surface area (Å²) < 4.78 is 14.0. The highest BCUT2D eigenvalue weighted by atomic mass is 79.9. The Labute approximate surface area is 170 Å². The maximum Gasteiger partial charge on any atom is 0.322 e. The fraction of sp³-hybridized carbons (Fsp3) is 0.300. The molecule has 2 heterocycles. The van der Waals surface area contributed by atoms with Gasteiger partial charge in [-0.2, -0.15) is 0 Å². The lowest BCUT2D eigenvalue weighted by atomic mass is 9.74. The third kappa shape index (κ3) is 3.38. The van der Waals surface area contributed by atoms with Crippen LogP contribution in [0.1, 0.15) is 11.5 Å². The van der Waals surface area contributed by atoms with Gasteiger partial charge in [-0.1, -0.05) is 28.1 Å². The van der Waals surface area contributed by atoms with E-state index in [4.69, 9.17) is 0 Å². The number of nitrogens with zero attached hydrogens (tertiary/aromatic N) is 2. The number of piperazine rings is 1. The minimum atomic E-state index is -0.401. The SMILES string of the molecule is O=C(Nc1ccc(F)cc1)N1CC(=O)N2[C@H](CO)[C@@H](c3ccc(Br)cc3)[C@H]2C1. The van der Waals surface area contributed by atoms with Crippen LogP contribution in [0.3, 0.4) is 0 Å². The lowest BCUT2D eigenvalue weighted by Gasteiger charge is -2.58. The van der Waals surface area contributed by atoms with Gasteiger partial charge < -0.3 is 20.2 Å². The lowest BCUT2D eigenvalue weighted by Crippen LogP contribution is -2.73. The number of carbonyl (C=O) groups is 2. The van der Waals surface area contributed by atoms with E-state index in [1.54, 1.807) is 4.90 Å². The smallest absolute Gasteiger partial charge is 0.322 e. The molecule has 2 N–H and O–H groups in total. The number of carbonyl (C=O) groups excluding carboxylic acids is 2. The number of hydrogen-bond donors (Lipinski definition) is 2. The summed E-state index contributed by atoms with van der Waals surface area (Å²) in [6.07, 6.45) is 0. The Morgan fingerprint density at radius 1 is 1.18 bits per heavy atom. The van der Waals surface area contributed by atoms with Crippen LogP contribution in [-0.2, 0) is 4.79 Å². The third-order valence-electron chi connectivity index (χ3n) is 5.39. The first-order chi connectivity index (χ1) is 13.5. The fourth-order valence-electron chi connectivity index (χ4n) is 4.07. The second kappa shape index (κ2) is 7.52. The molecular formula is C20H19BrFN3O3. The fourth-order valence-corrected chi connectivity index (χ4v) is 4.34. The molecule has 0 aliphatic carbocycles. The normalized spacial score (nSPS) is 23.8. The number of aliphatic hydroxyl groups is 1. The number of fused-ring (bicyclic) bond motifs is 1. The van der Waals surface area contributed by atoms with Crippen LogP contribution < -0.4 is 5.32 Å². The van der Waals surface area contributed by atoms with E-state index < -0.39 is 6.03 Å². The standard InChI is InChI=1S/C20H19BrFN3O3/c21-13-3-1-12(2-4-13)19-16-9-24(10-18(27)25(16)17(19)11-26)20(28)23-15-7-5-14(22)6-8-15/h1-8,16-17,19,26H,9-11H2,(H,23,28)/t16-,17-,19+/m1/s1. The molecule has 3 amide bonds. The molecule has 8 heteroatoms. The first kappa shape index (κ1) is 18.9. The minimum Gasteiger partial charge on any atom is -0.394 e. The zero-order valence-corrected chi connectivity index (χ0v) is 16.5. The van der Waals surface area contributed by atoms with Crippen molar-refractivity contribution in [1.29, 1.82) is 0 Å². The van der Waals surface area contributed by atoms with Gasteiger partial charge in [0.05, 0.1) is 18.7 Å². The summed E-state index contributed by atoms with van der Waals surface area (Å²) in [6.45, 7) is 0.202. The van der Waals surface area contributed by atoms with E-state index in [0.717, 1.165) is 10.0 Å². The predicted octanol–water partition coefficient (Wildman–Crippen LogP) is 2.79. The second-order valence-corrected chi connectivity index (χ2v) is 7.93. The van der Waals surface area contributed by atoms with E-state index in [1.807, 2.05) is 24.3 Å². The highest BCUT2D eigenvalue weighted by molar-refractivity contribution is 9.10. The molecule has 2 saturated heterocycles. The molecule has 0 radical (unpaired) electrons. The van der Waals surface area contributed by atoms with E-state index in [0.29, 0.717) is 12.2 Å². The molecule has 6 nitrogen and oxygen atoms in total. The number of hydrogen-bond acceptors (Lipinski definition) is 3. The number of anilines is 1. The predicted molar refractivity (Wildman–Crippen MR) is 105 cm³/mol. The van der Waals surface area contributed by atoms with Gasteiger partial charge in [-0.3, -0.25) is 4.79 Å². The van der Waals surface area contributed by atoms with E-state index in [9.17, 15) is 19.1 Å². The lowest BCUT2D eigenvalue weighted by molar-refractivity contribution is -0.159. The van der Waals surface area contributed by atoms with Gasteiger partial charge in [-0.25, -0.2) is 9.18 Å². The zero-order valence-electron chi connectivity index (χ0n) is 14.9. The zero-order chi connectivity index (χ0) is 19.8. The summed E-state index contributed by atoms with van der Waals surface area (Å²) in [5, 5.41) is 12.5. The summed E-state index contributed by atoms with van der Waals surface area (Å²) in [5.74, 6) is -0.606. The number of nitrogens with one attached hydrogen (secondary N) is 1. The van der Waals surface area contributed by atoms with Crippen LogP contribution >= 0.6 is 15.9 Å².